The van der Waals surface area contributed by atoms with Crippen LogP contribution >= 0.6 is 11.3 Å². The van der Waals surface area contributed by atoms with E-state index in [1.807, 2.05) is 6.92 Å². The van der Waals surface area contributed by atoms with Gasteiger partial charge in [0.15, 0.2) is 0 Å². The van der Waals surface area contributed by atoms with Crippen LogP contribution in [-0.2, 0) is 10.0 Å². The Hall–Kier alpha value is -0.730. The minimum Gasteiger partial charge on any atom is -0.359 e. The largest absolute Gasteiger partial charge is 0.359 e. The van der Waals surface area contributed by atoms with E-state index < -0.39 is 10.0 Å². The molecule has 0 atom stereocenters. The van der Waals surface area contributed by atoms with Gasteiger partial charge in [-0.15, -0.1) is 10.2 Å². The average molecular weight is 236 g/mol. The number of hydrogen-bond donors (Lipinski definition) is 2. The normalized spacial score (nSPS) is 11.6. The standard InChI is InChI=1S/C6H12N4O2S2/c1-5-9-10-6(13-5)7-3-4-8-14(2,11)12/h8H,3-4H2,1-2H3,(H,7,10). The fraction of sp³-hybridized carbons (Fsp3) is 0.667. The van der Waals surface area contributed by atoms with Crippen LogP contribution in [0.4, 0.5) is 5.13 Å². The SMILES string of the molecule is Cc1nnc(NCCNS(C)(=O)=O)s1. The van der Waals surface area contributed by atoms with Gasteiger partial charge in [-0.2, -0.15) is 0 Å². The second-order valence-electron chi connectivity index (χ2n) is 2.72. The molecule has 0 bridgehead atoms. The van der Waals surface area contributed by atoms with Gasteiger partial charge in [0.2, 0.25) is 15.2 Å². The number of anilines is 1. The van der Waals surface area contributed by atoms with Gasteiger partial charge in [-0.05, 0) is 6.92 Å². The van der Waals surface area contributed by atoms with Gasteiger partial charge in [-0.3, -0.25) is 0 Å². The maximum atomic E-state index is 10.7. The summed E-state index contributed by atoms with van der Waals surface area (Å²) in [6.07, 6.45) is 1.13. The Morgan fingerprint density at radius 2 is 2.07 bits per heavy atom. The minimum atomic E-state index is -3.10. The molecule has 1 aromatic heterocycles. The van der Waals surface area contributed by atoms with Gasteiger partial charge in [0.25, 0.3) is 0 Å². The van der Waals surface area contributed by atoms with Crippen LogP contribution in [0.5, 0.6) is 0 Å². The highest BCUT2D eigenvalue weighted by molar-refractivity contribution is 7.88. The van der Waals surface area contributed by atoms with Crippen molar-refractivity contribution < 1.29 is 8.42 Å². The molecule has 1 heterocycles. The number of aromatic nitrogens is 2. The third-order valence-electron chi connectivity index (χ3n) is 1.29. The van der Waals surface area contributed by atoms with Crippen LogP contribution in [0.25, 0.3) is 0 Å². The van der Waals surface area contributed by atoms with Gasteiger partial charge >= 0.3 is 0 Å². The lowest BCUT2D eigenvalue weighted by molar-refractivity contribution is 0.589. The van der Waals surface area contributed by atoms with Crippen molar-refractivity contribution in [2.75, 3.05) is 24.7 Å². The molecule has 0 spiro atoms. The molecule has 0 radical (unpaired) electrons. The first kappa shape index (κ1) is 11.3. The molecule has 0 aromatic carbocycles. The molecule has 0 saturated heterocycles. The summed E-state index contributed by atoms with van der Waals surface area (Å²) in [6, 6.07) is 0. The van der Waals surface area contributed by atoms with Crippen molar-refractivity contribution in [2.24, 2.45) is 0 Å². The predicted molar refractivity (Wildman–Crippen MR) is 56.0 cm³/mol. The Labute approximate surface area is 86.8 Å². The van der Waals surface area contributed by atoms with Crippen LogP contribution in [0, 0.1) is 6.92 Å². The Morgan fingerprint density at radius 3 is 2.57 bits per heavy atom. The van der Waals surface area contributed by atoms with Crippen molar-refractivity contribution in [1.82, 2.24) is 14.9 Å². The topological polar surface area (TPSA) is 84.0 Å². The lowest BCUT2D eigenvalue weighted by Gasteiger charge is -2.02. The fourth-order valence-corrected chi connectivity index (χ4v) is 1.86. The van der Waals surface area contributed by atoms with Gasteiger partial charge in [-0.1, -0.05) is 11.3 Å². The summed E-state index contributed by atoms with van der Waals surface area (Å²) in [4.78, 5) is 0. The van der Waals surface area contributed by atoms with Crippen molar-refractivity contribution >= 4 is 26.5 Å². The molecule has 1 rings (SSSR count). The highest BCUT2D eigenvalue weighted by Crippen LogP contribution is 2.12. The van der Waals surface area contributed by atoms with E-state index in [-0.39, 0.29) is 0 Å². The molecule has 80 valence electrons. The second kappa shape index (κ2) is 4.67. The summed E-state index contributed by atoms with van der Waals surface area (Å²) in [5.41, 5.74) is 0. The predicted octanol–water partition coefficient (Wildman–Crippen LogP) is -0.192. The summed E-state index contributed by atoms with van der Waals surface area (Å²) in [6.45, 7) is 2.71. The molecule has 2 N–H and O–H groups in total. The fourth-order valence-electron chi connectivity index (χ4n) is 0.774. The van der Waals surface area contributed by atoms with E-state index in [1.54, 1.807) is 0 Å². The number of nitrogens with one attached hydrogen (secondary N) is 2. The zero-order valence-electron chi connectivity index (χ0n) is 7.94. The van der Waals surface area contributed by atoms with Crippen LogP contribution < -0.4 is 10.0 Å². The first-order chi connectivity index (χ1) is 6.47. The van der Waals surface area contributed by atoms with E-state index in [1.165, 1.54) is 11.3 Å². The Bertz CT molecular complexity index is 386. The van der Waals surface area contributed by atoms with Gasteiger partial charge in [0, 0.05) is 13.1 Å². The highest BCUT2D eigenvalue weighted by atomic mass is 32.2. The third-order valence-corrected chi connectivity index (χ3v) is 2.82. The molecule has 0 amide bonds. The van der Waals surface area contributed by atoms with Crippen LogP contribution in [-0.4, -0.2) is 38.0 Å². The van der Waals surface area contributed by atoms with Crippen molar-refractivity contribution in [3.8, 4) is 0 Å². The lowest BCUT2D eigenvalue weighted by Crippen LogP contribution is -2.27. The highest BCUT2D eigenvalue weighted by Gasteiger charge is 2.00. The van der Waals surface area contributed by atoms with E-state index in [9.17, 15) is 8.42 Å². The monoisotopic (exact) mass is 236 g/mol. The van der Waals surface area contributed by atoms with E-state index in [2.05, 4.69) is 20.2 Å². The molecule has 1 aromatic rings. The van der Waals surface area contributed by atoms with Gasteiger partial charge in [0.05, 0.1) is 6.26 Å². The van der Waals surface area contributed by atoms with E-state index in [0.29, 0.717) is 18.2 Å². The first-order valence-corrected chi connectivity index (χ1v) is 6.67. The summed E-state index contributed by atoms with van der Waals surface area (Å²) >= 11 is 1.44. The average Bonchev–Trinajstić information content (AvgIpc) is 2.44. The Kier molecular flexibility index (Phi) is 3.78. The smallest absolute Gasteiger partial charge is 0.208 e. The van der Waals surface area contributed by atoms with Crippen molar-refractivity contribution in [1.29, 1.82) is 0 Å². The number of nitrogens with zero attached hydrogens (tertiary/aromatic N) is 2. The van der Waals surface area contributed by atoms with E-state index >= 15 is 0 Å². The van der Waals surface area contributed by atoms with Gasteiger partial charge in [-0.25, -0.2) is 13.1 Å². The summed E-state index contributed by atoms with van der Waals surface area (Å²) < 4.78 is 23.7. The molecule has 0 unspecified atom stereocenters. The van der Waals surface area contributed by atoms with E-state index in [0.717, 1.165) is 11.3 Å². The number of aryl methyl sites for hydroxylation is 1. The second-order valence-corrected chi connectivity index (χ2v) is 5.73. The molecule has 0 aliphatic heterocycles. The van der Waals surface area contributed by atoms with Gasteiger partial charge < -0.3 is 5.32 Å². The van der Waals surface area contributed by atoms with Crippen LogP contribution in [0.1, 0.15) is 5.01 Å². The van der Waals surface area contributed by atoms with Crippen molar-refractivity contribution in [3.63, 3.8) is 0 Å². The van der Waals surface area contributed by atoms with Crippen molar-refractivity contribution in [2.45, 2.75) is 6.92 Å². The van der Waals surface area contributed by atoms with Gasteiger partial charge in [0.1, 0.15) is 5.01 Å². The summed E-state index contributed by atoms with van der Waals surface area (Å²) in [7, 11) is -3.10. The number of rotatable bonds is 5. The number of sulfonamides is 1. The van der Waals surface area contributed by atoms with Crippen LogP contribution in [0.3, 0.4) is 0 Å². The van der Waals surface area contributed by atoms with E-state index in [4.69, 9.17) is 0 Å². The summed E-state index contributed by atoms with van der Waals surface area (Å²) in [5, 5.41) is 12.2. The minimum absolute atomic E-state index is 0.345. The molecular formula is C6H12N4O2S2. The molecule has 0 aliphatic carbocycles. The molecule has 8 heteroatoms. The summed E-state index contributed by atoms with van der Waals surface area (Å²) in [5.74, 6) is 0. The molecule has 0 aliphatic rings. The molecule has 0 fully saturated rings. The Morgan fingerprint density at radius 1 is 1.36 bits per heavy atom. The Balaban J connectivity index is 2.23. The molecule has 0 saturated carbocycles. The first-order valence-electron chi connectivity index (χ1n) is 3.96. The zero-order chi connectivity index (χ0) is 10.6. The third kappa shape index (κ3) is 4.49. The molecule has 6 nitrogen and oxygen atoms in total. The van der Waals surface area contributed by atoms with Crippen molar-refractivity contribution in [3.05, 3.63) is 5.01 Å². The lowest BCUT2D eigenvalue weighted by atomic mass is 10.7. The maximum Gasteiger partial charge on any atom is 0.208 e. The molecule has 14 heavy (non-hydrogen) atoms. The maximum absolute atomic E-state index is 10.7. The van der Waals surface area contributed by atoms with Crippen LogP contribution in [0.2, 0.25) is 0 Å². The number of hydrogen-bond acceptors (Lipinski definition) is 6. The quantitative estimate of drug-likeness (QED) is 0.692. The van der Waals surface area contributed by atoms with Crippen LogP contribution in [0.15, 0.2) is 0 Å². The molecular weight excluding hydrogens is 224 g/mol. The zero-order valence-corrected chi connectivity index (χ0v) is 9.57.